The van der Waals surface area contributed by atoms with Gasteiger partial charge in [0.15, 0.2) is 0 Å². The quantitative estimate of drug-likeness (QED) is 0.276. The number of anilines is 1. The number of hydrogen-bond acceptors (Lipinski definition) is 4. The maximum Gasteiger partial charge on any atom is 0.264 e. The van der Waals surface area contributed by atoms with E-state index in [1.165, 1.54) is 17.0 Å². The summed E-state index contributed by atoms with van der Waals surface area (Å²) in [6, 6.07) is 18.3. The molecule has 0 fully saturated rings. The van der Waals surface area contributed by atoms with Gasteiger partial charge in [-0.15, -0.1) is 0 Å². The summed E-state index contributed by atoms with van der Waals surface area (Å²) >= 11 is 6.40. The molecule has 0 radical (unpaired) electrons. The van der Waals surface area contributed by atoms with Crippen LogP contribution in [0, 0.1) is 26.7 Å². The minimum Gasteiger partial charge on any atom is -0.354 e. The summed E-state index contributed by atoms with van der Waals surface area (Å²) in [5, 5.41) is 3.33. The van der Waals surface area contributed by atoms with E-state index in [9.17, 15) is 18.0 Å². The van der Waals surface area contributed by atoms with E-state index in [1.807, 2.05) is 65.8 Å². The summed E-state index contributed by atoms with van der Waals surface area (Å²) in [7, 11) is -4.16. The zero-order valence-corrected chi connectivity index (χ0v) is 26.2. The summed E-state index contributed by atoms with van der Waals surface area (Å²) in [6.45, 7) is 11.6. The van der Waals surface area contributed by atoms with Crippen molar-refractivity contribution in [1.82, 2.24) is 10.2 Å². The first-order valence-electron chi connectivity index (χ1n) is 13.8. The van der Waals surface area contributed by atoms with E-state index in [4.69, 9.17) is 11.6 Å². The summed E-state index contributed by atoms with van der Waals surface area (Å²) in [5.41, 5.74) is 3.86. The molecule has 0 saturated carbocycles. The monoisotopic (exact) mass is 597 g/mol. The Balaban J connectivity index is 2.06. The van der Waals surface area contributed by atoms with Gasteiger partial charge in [0, 0.05) is 18.1 Å². The van der Waals surface area contributed by atoms with Crippen molar-refractivity contribution in [2.24, 2.45) is 5.92 Å². The van der Waals surface area contributed by atoms with Gasteiger partial charge in [-0.25, -0.2) is 8.42 Å². The van der Waals surface area contributed by atoms with Crippen LogP contribution in [0.15, 0.2) is 71.6 Å². The minimum absolute atomic E-state index is 0.0550. The average molecular weight is 598 g/mol. The fourth-order valence-electron chi connectivity index (χ4n) is 4.34. The second-order valence-electron chi connectivity index (χ2n) is 10.8. The van der Waals surface area contributed by atoms with E-state index in [2.05, 4.69) is 5.32 Å². The van der Waals surface area contributed by atoms with Crippen molar-refractivity contribution in [1.29, 1.82) is 0 Å². The third-order valence-electron chi connectivity index (χ3n) is 6.88. The van der Waals surface area contributed by atoms with E-state index in [-0.39, 0.29) is 29.0 Å². The predicted molar refractivity (Wildman–Crippen MR) is 166 cm³/mol. The fraction of sp³-hybridized carbons (Fsp3) is 0.375. The van der Waals surface area contributed by atoms with Gasteiger partial charge in [0.1, 0.15) is 12.6 Å². The highest BCUT2D eigenvalue weighted by Crippen LogP contribution is 2.29. The van der Waals surface area contributed by atoms with Crippen LogP contribution in [0.5, 0.6) is 0 Å². The van der Waals surface area contributed by atoms with E-state index < -0.39 is 28.5 Å². The molecule has 9 heteroatoms. The number of benzene rings is 3. The Kier molecular flexibility index (Phi) is 11.0. The van der Waals surface area contributed by atoms with E-state index >= 15 is 0 Å². The van der Waals surface area contributed by atoms with Crippen LogP contribution in [0.4, 0.5) is 5.69 Å². The zero-order chi connectivity index (χ0) is 30.3. The van der Waals surface area contributed by atoms with Gasteiger partial charge in [0.05, 0.1) is 10.6 Å². The largest absolute Gasteiger partial charge is 0.354 e. The number of carbonyl (C=O) groups is 2. The van der Waals surface area contributed by atoms with Crippen molar-refractivity contribution in [2.75, 3.05) is 17.4 Å². The predicted octanol–water partition coefficient (Wildman–Crippen LogP) is 6.04. The molecule has 3 aromatic rings. The maximum atomic E-state index is 14.1. The van der Waals surface area contributed by atoms with Gasteiger partial charge in [-0.1, -0.05) is 86.0 Å². The molecule has 1 atom stereocenters. The van der Waals surface area contributed by atoms with Crippen LogP contribution in [0.25, 0.3) is 0 Å². The summed E-state index contributed by atoms with van der Waals surface area (Å²) in [4.78, 5) is 29.0. The van der Waals surface area contributed by atoms with Crippen molar-refractivity contribution in [3.05, 3.63) is 94.0 Å². The first kappa shape index (κ1) is 32.2. The number of carbonyl (C=O) groups excluding carboxylic acids is 2. The summed E-state index contributed by atoms with van der Waals surface area (Å²) in [6.07, 6.45) is 0.364. The van der Waals surface area contributed by atoms with Crippen molar-refractivity contribution in [3.63, 3.8) is 0 Å². The lowest BCUT2D eigenvalue weighted by Gasteiger charge is -2.33. The molecule has 0 heterocycles. The molecule has 0 spiro atoms. The number of hydrogen-bond donors (Lipinski definition) is 1. The highest BCUT2D eigenvalue weighted by atomic mass is 35.5. The number of halogens is 1. The molecule has 0 saturated heterocycles. The van der Waals surface area contributed by atoms with Crippen molar-refractivity contribution >= 4 is 39.1 Å². The lowest BCUT2D eigenvalue weighted by molar-refractivity contribution is -0.140. The van der Waals surface area contributed by atoms with Gasteiger partial charge in [-0.2, -0.15) is 0 Å². The van der Waals surface area contributed by atoms with Gasteiger partial charge < -0.3 is 10.2 Å². The minimum atomic E-state index is -4.16. The number of rotatable bonds is 12. The van der Waals surface area contributed by atoms with Gasteiger partial charge in [-0.3, -0.25) is 13.9 Å². The molecule has 0 aliphatic heterocycles. The number of nitrogens with one attached hydrogen (secondary N) is 1. The van der Waals surface area contributed by atoms with Gasteiger partial charge in [0.2, 0.25) is 11.8 Å². The highest BCUT2D eigenvalue weighted by molar-refractivity contribution is 7.92. The molecule has 0 aromatic heterocycles. The average Bonchev–Trinajstić information content (AvgIpc) is 2.93. The van der Waals surface area contributed by atoms with Crippen molar-refractivity contribution in [3.8, 4) is 0 Å². The Labute approximate surface area is 249 Å². The second-order valence-corrected chi connectivity index (χ2v) is 13.1. The first-order chi connectivity index (χ1) is 19.3. The van der Waals surface area contributed by atoms with E-state index in [0.29, 0.717) is 18.0 Å². The van der Waals surface area contributed by atoms with Gasteiger partial charge >= 0.3 is 0 Å². The smallest absolute Gasteiger partial charge is 0.264 e. The molecule has 0 aliphatic carbocycles. The first-order valence-corrected chi connectivity index (χ1v) is 15.6. The molecular formula is C32H40ClN3O4S. The Morgan fingerprint density at radius 1 is 0.902 bits per heavy atom. The SMILES string of the molecule is CCC(C(=O)NCC(C)C)N(Cc1ccc(C)cc1)C(=O)CN(c1ccc(C)c(Cl)c1)S(=O)(=O)c1ccc(C)cc1. The topological polar surface area (TPSA) is 86.8 Å². The Bertz CT molecular complexity index is 1460. The van der Waals surface area contributed by atoms with Crippen molar-refractivity contribution in [2.45, 2.75) is 65.4 Å². The van der Waals surface area contributed by atoms with Gasteiger partial charge in [0.25, 0.3) is 10.0 Å². The number of aryl methyl sites for hydroxylation is 3. The molecular weight excluding hydrogens is 558 g/mol. The van der Waals surface area contributed by atoms with Crippen LogP contribution in [0.1, 0.15) is 49.4 Å². The molecule has 1 unspecified atom stereocenters. The third-order valence-corrected chi connectivity index (χ3v) is 9.07. The van der Waals surface area contributed by atoms with Crippen LogP contribution in [0.2, 0.25) is 5.02 Å². The fourth-order valence-corrected chi connectivity index (χ4v) is 5.92. The van der Waals surface area contributed by atoms with Crippen LogP contribution in [-0.2, 0) is 26.2 Å². The standard InChI is InChI=1S/C32H40ClN3O4S/c1-7-30(32(38)34-19-22(2)3)35(20-26-13-8-23(4)9-14-26)31(37)21-36(27-15-12-25(6)29(33)18-27)41(39,40)28-16-10-24(5)11-17-28/h8-18,22,30H,7,19-21H2,1-6H3,(H,34,38). The molecule has 0 aliphatic rings. The zero-order valence-electron chi connectivity index (χ0n) is 24.6. The van der Waals surface area contributed by atoms with Crippen LogP contribution < -0.4 is 9.62 Å². The molecule has 2 amide bonds. The summed E-state index contributed by atoms with van der Waals surface area (Å²) < 4.78 is 29.0. The van der Waals surface area contributed by atoms with Crippen LogP contribution in [-0.4, -0.2) is 44.3 Å². The molecule has 7 nitrogen and oxygen atoms in total. The molecule has 3 aromatic carbocycles. The van der Waals surface area contributed by atoms with E-state index in [1.54, 1.807) is 30.3 Å². The number of nitrogens with zero attached hydrogens (tertiary/aromatic N) is 2. The normalized spacial score (nSPS) is 12.2. The molecule has 41 heavy (non-hydrogen) atoms. The molecule has 1 N–H and O–H groups in total. The second kappa shape index (κ2) is 14.0. The Morgan fingerprint density at radius 3 is 2.02 bits per heavy atom. The Morgan fingerprint density at radius 2 is 1.49 bits per heavy atom. The summed E-state index contributed by atoms with van der Waals surface area (Å²) in [5.74, 6) is -0.531. The molecule has 3 rings (SSSR count). The lowest BCUT2D eigenvalue weighted by atomic mass is 10.1. The van der Waals surface area contributed by atoms with E-state index in [0.717, 1.165) is 26.6 Å². The molecule has 220 valence electrons. The van der Waals surface area contributed by atoms with Crippen LogP contribution >= 0.6 is 11.6 Å². The van der Waals surface area contributed by atoms with Crippen molar-refractivity contribution < 1.29 is 18.0 Å². The lowest BCUT2D eigenvalue weighted by Crippen LogP contribution is -2.52. The highest BCUT2D eigenvalue weighted by Gasteiger charge is 2.33. The molecule has 0 bridgehead atoms. The van der Waals surface area contributed by atoms with Gasteiger partial charge in [-0.05, 0) is 68.5 Å². The third kappa shape index (κ3) is 8.33. The van der Waals surface area contributed by atoms with Crippen LogP contribution in [0.3, 0.4) is 0 Å². The Hall–Kier alpha value is -3.36. The number of sulfonamides is 1. The maximum absolute atomic E-state index is 14.1. The number of amides is 2.